The predicted octanol–water partition coefficient (Wildman–Crippen LogP) is 5.25. The summed E-state index contributed by atoms with van der Waals surface area (Å²) >= 11 is 6.29. The third-order valence-electron chi connectivity index (χ3n) is 8.73. The molecular weight excluding hydrogens is 536 g/mol. The van der Waals surface area contributed by atoms with Crippen molar-refractivity contribution in [2.75, 3.05) is 23.7 Å². The molecule has 2 aromatic carbocycles. The fourth-order valence-electron chi connectivity index (χ4n) is 5.97. The summed E-state index contributed by atoms with van der Waals surface area (Å²) in [5.41, 5.74) is 3.05. The van der Waals surface area contributed by atoms with Crippen molar-refractivity contribution in [2.45, 2.75) is 64.6 Å². The third-order valence-corrected chi connectivity index (χ3v) is 10.2. The highest BCUT2D eigenvalue weighted by molar-refractivity contribution is 7.90. The van der Waals surface area contributed by atoms with Gasteiger partial charge in [-0.15, -0.1) is 0 Å². The highest BCUT2D eigenvalue weighted by atomic mass is 35.5. The fourth-order valence-corrected chi connectivity index (χ4v) is 7.12. The van der Waals surface area contributed by atoms with Gasteiger partial charge >= 0.3 is 0 Å². The Morgan fingerprint density at radius 3 is 2.77 bits per heavy atom. The molecule has 2 aromatic rings. The van der Waals surface area contributed by atoms with Crippen molar-refractivity contribution >= 4 is 33.2 Å². The van der Waals surface area contributed by atoms with E-state index in [2.05, 4.69) is 16.5 Å². The molecule has 0 radical (unpaired) electrons. The van der Waals surface area contributed by atoms with Crippen LogP contribution in [0.15, 0.2) is 48.6 Å². The van der Waals surface area contributed by atoms with Gasteiger partial charge in [-0.3, -0.25) is 4.79 Å². The van der Waals surface area contributed by atoms with E-state index in [1.54, 1.807) is 24.3 Å². The van der Waals surface area contributed by atoms with Crippen LogP contribution in [0.2, 0.25) is 5.02 Å². The van der Waals surface area contributed by atoms with Crippen LogP contribution in [-0.2, 0) is 23.1 Å². The average Bonchev–Trinajstić information content (AvgIpc) is 2.92. The number of sulfonamides is 1. The number of fused-ring (bicyclic) bond motifs is 3. The molecule has 1 fully saturated rings. The zero-order chi connectivity index (χ0) is 27.6. The van der Waals surface area contributed by atoms with Crippen LogP contribution in [0.1, 0.15) is 66.9 Å². The van der Waals surface area contributed by atoms with Crippen LogP contribution >= 0.6 is 11.6 Å². The molecule has 3 aliphatic rings. The number of aryl methyl sites for hydroxylation is 1. The number of aliphatic hydroxyl groups is 1. The fraction of sp³-hybridized carbons (Fsp3) is 0.500. The SMILES string of the molecule is C[C@]12CC[C@H]1CN1CCCCc3cc(Cl)ccc3COc3ccc(cc31)C(=O)NS(=O)(=O)CC/C=C/C[C@H]2O. The average molecular weight is 573 g/mol. The van der Waals surface area contributed by atoms with Crippen LogP contribution in [0.3, 0.4) is 0 Å². The molecule has 210 valence electrons. The molecule has 2 aliphatic heterocycles. The first-order chi connectivity index (χ1) is 18.6. The maximum absolute atomic E-state index is 13.0. The predicted molar refractivity (Wildman–Crippen MR) is 154 cm³/mol. The second-order valence-electron chi connectivity index (χ2n) is 11.3. The summed E-state index contributed by atoms with van der Waals surface area (Å²) in [6.07, 6.45) is 8.61. The first kappa shape index (κ1) is 28.0. The number of hydrogen-bond donors (Lipinski definition) is 2. The molecule has 7 nitrogen and oxygen atoms in total. The maximum atomic E-state index is 13.0. The number of hydrogen-bond acceptors (Lipinski definition) is 6. The zero-order valence-corrected chi connectivity index (χ0v) is 23.9. The molecule has 1 aliphatic carbocycles. The zero-order valence-electron chi connectivity index (χ0n) is 22.4. The summed E-state index contributed by atoms with van der Waals surface area (Å²) in [7, 11) is -3.81. The highest BCUT2D eigenvalue weighted by Gasteiger charge is 2.48. The largest absolute Gasteiger partial charge is 0.487 e. The van der Waals surface area contributed by atoms with Gasteiger partial charge in [-0.05, 0) is 97.7 Å². The normalized spacial score (nSPS) is 28.4. The molecule has 1 saturated carbocycles. The Morgan fingerprint density at radius 2 is 1.97 bits per heavy atom. The summed E-state index contributed by atoms with van der Waals surface area (Å²) < 4.78 is 33.8. The Balaban J connectivity index is 1.54. The van der Waals surface area contributed by atoms with Gasteiger partial charge in [0.05, 0.1) is 17.5 Å². The number of benzene rings is 2. The van der Waals surface area contributed by atoms with E-state index in [0.29, 0.717) is 23.8 Å². The summed E-state index contributed by atoms with van der Waals surface area (Å²) in [6.45, 7) is 3.98. The molecule has 2 bridgehead atoms. The summed E-state index contributed by atoms with van der Waals surface area (Å²) in [5, 5.41) is 11.8. The lowest BCUT2D eigenvalue weighted by molar-refractivity contribution is -0.0694. The van der Waals surface area contributed by atoms with E-state index in [-0.39, 0.29) is 29.1 Å². The molecule has 0 unspecified atom stereocenters. The van der Waals surface area contributed by atoms with E-state index in [0.717, 1.165) is 56.4 Å². The van der Waals surface area contributed by atoms with Crippen molar-refractivity contribution in [1.82, 2.24) is 4.72 Å². The number of halogens is 1. The van der Waals surface area contributed by atoms with Crippen molar-refractivity contribution in [2.24, 2.45) is 11.3 Å². The standard InChI is InChI=1S/C30H37ClN2O5S/c1-30-14-13-24(30)19-33-15-5-4-7-21-17-25(31)11-9-23(21)20-38-27-12-10-22(18-26(27)33)29(35)32-39(36,37)16-6-2-3-8-28(30)34/h2-3,9-12,17-18,24,28,34H,4-8,13-16,19-20H2,1H3,(H,32,35)/b3-2+/t24-,28+,30-/m0/s1. The number of allylic oxidation sites excluding steroid dienone is 1. The first-order valence-corrected chi connectivity index (χ1v) is 15.8. The van der Waals surface area contributed by atoms with Gasteiger partial charge in [-0.25, -0.2) is 13.1 Å². The van der Waals surface area contributed by atoms with Crippen LogP contribution in [0, 0.1) is 11.3 Å². The highest BCUT2D eigenvalue weighted by Crippen LogP contribution is 2.51. The summed E-state index contributed by atoms with van der Waals surface area (Å²) in [5.74, 6) is 0.0740. The van der Waals surface area contributed by atoms with Gasteiger partial charge in [-0.2, -0.15) is 0 Å². The number of nitrogens with zero attached hydrogens (tertiary/aromatic N) is 1. The molecule has 39 heavy (non-hydrogen) atoms. The van der Waals surface area contributed by atoms with Crippen LogP contribution in [0.4, 0.5) is 5.69 Å². The van der Waals surface area contributed by atoms with E-state index in [4.69, 9.17) is 16.3 Å². The Kier molecular flexibility index (Phi) is 8.26. The third kappa shape index (κ3) is 6.28. The van der Waals surface area contributed by atoms with E-state index in [9.17, 15) is 18.3 Å². The molecule has 1 amide bonds. The maximum Gasteiger partial charge on any atom is 0.264 e. The number of aliphatic hydroxyl groups excluding tert-OH is 1. The number of ether oxygens (including phenoxy) is 1. The molecule has 2 N–H and O–H groups in total. The lowest BCUT2D eigenvalue weighted by Crippen LogP contribution is -2.51. The van der Waals surface area contributed by atoms with E-state index in [1.165, 1.54) is 5.56 Å². The lowest BCUT2D eigenvalue weighted by Gasteiger charge is -2.52. The second-order valence-corrected chi connectivity index (χ2v) is 13.6. The number of amides is 1. The minimum absolute atomic E-state index is 0.200. The molecule has 0 spiro atoms. The van der Waals surface area contributed by atoms with Crippen molar-refractivity contribution in [3.63, 3.8) is 0 Å². The van der Waals surface area contributed by atoms with Crippen molar-refractivity contribution in [1.29, 1.82) is 0 Å². The quantitative estimate of drug-likeness (QED) is 0.419. The van der Waals surface area contributed by atoms with Gasteiger partial charge in [0, 0.05) is 23.7 Å². The number of anilines is 1. The number of carbonyl (C=O) groups excluding carboxylic acids is 1. The Hall–Kier alpha value is -2.55. The van der Waals surface area contributed by atoms with Gasteiger partial charge in [0.1, 0.15) is 12.4 Å². The molecule has 2 heterocycles. The van der Waals surface area contributed by atoms with Gasteiger partial charge in [0.15, 0.2) is 0 Å². The Bertz CT molecular complexity index is 1360. The minimum Gasteiger partial charge on any atom is -0.487 e. The number of rotatable bonds is 0. The Morgan fingerprint density at radius 1 is 1.13 bits per heavy atom. The van der Waals surface area contributed by atoms with Crippen LogP contribution in [0.25, 0.3) is 0 Å². The van der Waals surface area contributed by atoms with Crippen molar-refractivity contribution in [3.05, 3.63) is 70.3 Å². The molecular formula is C30H37ClN2O5S. The Labute approximate surface area is 236 Å². The van der Waals surface area contributed by atoms with Crippen molar-refractivity contribution in [3.8, 4) is 5.75 Å². The number of carbonyl (C=O) groups is 1. The lowest BCUT2D eigenvalue weighted by atomic mass is 9.57. The topological polar surface area (TPSA) is 95.9 Å². The first-order valence-electron chi connectivity index (χ1n) is 13.8. The van der Waals surface area contributed by atoms with E-state index < -0.39 is 22.0 Å². The van der Waals surface area contributed by atoms with Gasteiger partial charge < -0.3 is 14.7 Å². The van der Waals surface area contributed by atoms with Crippen molar-refractivity contribution < 1.29 is 23.1 Å². The van der Waals surface area contributed by atoms with Gasteiger partial charge in [-0.1, -0.05) is 36.7 Å². The second kappa shape index (κ2) is 11.5. The van der Waals surface area contributed by atoms with Crippen LogP contribution < -0.4 is 14.4 Å². The van der Waals surface area contributed by atoms with Gasteiger partial charge in [0.25, 0.3) is 5.91 Å². The monoisotopic (exact) mass is 572 g/mol. The summed E-state index contributed by atoms with van der Waals surface area (Å²) in [4.78, 5) is 15.3. The van der Waals surface area contributed by atoms with E-state index in [1.807, 2.05) is 24.3 Å². The van der Waals surface area contributed by atoms with E-state index >= 15 is 0 Å². The van der Waals surface area contributed by atoms with Gasteiger partial charge in [0.2, 0.25) is 10.0 Å². The molecule has 0 aromatic heterocycles. The summed E-state index contributed by atoms with van der Waals surface area (Å²) in [6, 6.07) is 11.0. The molecule has 0 saturated heterocycles. The van der Waals surface area contributed by atoms with Crippen LogP contribution in [-0.4, -0.2) is 44.4 Å². The molecule has 5 rings (SSSR count). The minimum atomic E-state index is -3.81. The smallest absolute Gasteiger partial charge is 0.264 e. The number of nitrogens with one attached hydrogen (secondary N) is 1. The molecule has 3 atom stereocenters. The van der Waals surface area contributed by atoms with Crippen LogP contribution in [0.5, 0.6) is 5.75 Å². The molecule has 9 heteroatoms.